The van der Waals surface area contributed by atoms with Crippen molar-refractivity contribution in [2.75, 3.05) is 13.2 Å². The molecule has 0 bridgehead atoms. The number of nitrogens with one attached hydrogen (secondary N) is 1. The molecule has 2 aromatic rings. The van der Waals surface area contributed by atoms with Crippen molar-refractivity contribution in [2.45, 2.75) is 34.1 Å². The number of aromatic nitrogens is 2. The van der Waals surface area contributed by atoms with Crippen LogP contribution in [0.3, 0.4) is 0 Å². The van der Waals surface area contributed by atoms with E-state index >= 15 is 0 Å². The van der Waals surface area contributed by atoms with E-state index in [0.29, 0.717) is 23.5 Å². The molecular formula is C18H23N3O3. The first kappa shape index (κ1) is 17.8. The molecule has 6 nitrogen and oxygen atoms in total. The second kappa shape index (κ2) is 7.86. The second-order valence-corrected chi connectivity index (χ2v) is 6.21. The number of fused-ring (bicyclic) bond motifs is 1. The van der Waals surface area contributed by atoms with Crippen LogP contribution in [0, 0.1) is 19.8 Å². The summed E-state index contributed by atoms with van der Waals surface area (Å²) >= 11 is 0. The van der Waals surface area contributed by atoms with E-state index in [1.54, 1.807) is 18.2 Å². The molecule has 0 saturated heterocycles. The summed E-state index contributed by atoms with van der Waals surface area (Å²) in [6.45, 7) is 8.22. The van der Waals surface area contributed by atoms with Gasteiger partial charge in [-0.1, -0.05) is 13.8 Å². The van der Waals surface area contributed by atoms with Crippen LogP contribution in [0.15, 0.2) is 18.2 Å². The van der Waals surface area contributed by atoms with Gasteiger partial charge in [-0.25, -0.2) is 14.8 Å². The van der Waals surface area contributed by atoms with Crippen LogP contribution in [0.2, 0.25) is 0 Å². The third-order valence-corrected chi connectivity index (χ3v) is 3.69. The van der Waals surface area contributed by atoms with E-state index < -0.39 is 5.97 Å². The van der Waals surface area contributed by atoms with Gasteiger partial charge in [0.25, 0.3) is 5.91 Å². The number of rotatable bonds is 6. The van der Waals surface area contributed by atoms with E-state index in [9.17, 15) is 9.59 Å². The number of aryl methyl sites for hydroxylation is 2. The molecule has 0 aliphatic rings. The Balaban J connectivity index is 1.96. The fourth-order valence-corrected chi connectivity index (χ4v) is 2.12. The predicted octanol–water partition coefficient (Wildman–Crippen LogP) is 2.57. The standard InChI is InChI=1S/C18H23N3O3/c1-11(2)7-8-19-17(22)10-24-18(23)14-5-6-15-16(9-14)21-13(4)12(3)20-15/h5-6,9,11H,7-8,10H2,1-4H3,(H,19,22). The minimum atomic E-state index is -0.545. The number of amides is 1. The first-order chi connectivity index (χ1) is 11.4. The lowest BCUT2D eigenvalue weighted by molar-refractivity contribution is -0.124. The Morgan fingerprint density at radius 2 is 1.79 bits per heavy atom. The molecule has 1 N–H and O–H groups in total. The zero-order chi connectivity index (χ0) is 17.7. The molecule has 24 heavy (non-hydrogen) atoms. The van der Waals surface area contributed by atoms with Crippen molar-refractivity contribution in [3.8, 4) is 0 Å². The quantitative estimate of drug-likeness (QED) is 0.824. The van der Waals surface area contributed by atoms with E-state index in [2.05, 4.69) is 29.1 Å². The molecule has 0 saturated carbocycles. The average Bonchev–Trinajstić information content (AvgIpc) is 2.53. The molecule has 0 fully saturated rings. The molecule has 128 valence electrons. The molecule has 0 unspecified atom stereocenters. The molecule has 0 radical (unpaired) electrons. The second-order valence-electron chi connectivity index (χ2n) is 6.21. The normalized spacial score (nSPS) is 10.9. The Labute approximate surface area is 141 Å². The molecule has 0 atom stereocenters. The van der Waals surface area contributed by atoms with Crippen LogP contribution in [0.4, 0.5) is 0 Å². The maximum atomic E-state index is 12.1. The molecule has 2 rings (SSSR count). The number of benzene rings is 1. The maximum absolute atomic E-state index is 12.1. The van der Waals surface area contributed by atoms with Crippen LogP contribution in [0.25, 0.3) is 11.0 Å². The van der Waals surface area contributed by atoms with Gasteiger partial charge in [0.15, 0.2) is 6.61 Å². The van der Waals surface area contributed by atoms with Gasteiger partial charge >= 0.3 is 5.97 Å². The number of esters is 1. The number of hydrogen-bond donors (Lipinski definition) is 1. The van der Waals surface area contributed by atoms with E-state index in [1.165, 1.54) is 0 Å². The highest BCUT2D eigenvalue weighted by molar-refractivity contribution is 5.94. The highest BCUT2D eigenvalue weighted by Crippen LogP contribution is 2.15. The molecular weight excluding hydrogens is 306 g/mol. The monoisotopic (exact) mass is 329 g/mol. The van der Waals surface area contributed by atoms with Gasteiger partial charge < -0.3 is 10.1 Å². The first-order valence-corrected chi connectivity index (χ1v) is 8.05. The van der Waals surface area contributed by atoms with E-state index in [1.807, 2.05) is 13.8 Å². The zero-order valence-electron chi connectivity index (χ0n) is 14.5. The number of hydrogen-bond acceptors (Lipinski definition) is 5. The smallest absolute Gasteiger partial charge is 0.338 e. The van der Waals surface area contributed by atoms with E-state index in [-0.39, 0.29) is 12.5 Å². The van der Waals surface area contributed by atoms with Crippen LogP contribution in [-0.2, 0) is 9.53 Å². The lowest BCUT2D eigenvalue weighted by Gasteiger charge is -2.08. The van der Waals surface area contributed by atoms with Crippen molar-refractivity contribution >= 4 is 22.9 Å². The Bertz CT molecular complexity index is 757. The average molecular weight is 329 g/mol. The van der Waals surface area contributed by atoms with Gasteiger partial charge in [-0.2, -0.15) is 0 Å². The Morgan fingerprint density at radius 3 is 2.46 bits per heavy atom. The van der Waals surface area contributed by atoms with Crippen LogP contribution in [0.1, 0.15) is 42.0 Å². The minimum Gasteiger partial charge on any atom is -0.452 e. The van der Waals surface area contributed by atoms with Crippen molar-refractivity contribution in [2.24, 2.45) is 5.92 Å². The first-order valence-electron chi connectivity index (χ1n) is 8.05. The van der Waals surface area contributed by atoms with Crippen LogP contribution >= 0.6 is 0 Å². The minimum absolute atomic E-state index is 0.284. The van der Waals surface area contributed by atoms with Crippen molar-refractivity contribution in [1.82, 2.24) is 15.3 Å². The largest absolute Gasteiger partial charge is 0.452 e. The van der Waals surface area contributed by atoms with Crippen LogP contribution in [0.5, 0.6) is 0 Å². The maximum Gasteiger partial charge on any atom is 0.338 e. The van der Waals surface area contributed by atoms with Crippen molar-refractivity contribution in [1.29, 1.82) is 0 Å². The van der Waals surface area contributed by atoms with E-state index in [0.717, 1.165) is 23.3 Å². The molecule has 0 aliphatic carbocycles. The summed E-state index contributed by atoms with van der Waals surface area (Å²) in [6.07, 6.45) is 0.891. The summed E-state index contributed by atoms with van der Waals surface area (Å²) in [4.78, 5) is 32.6. The SMILES string of the molecule is Cc1nc2ccc(C(=O)OCC(=O)NCCC(C)C)cc2nc1C. The summed E-state index contributed by atoms with van der Waals surface area (Å²) in [5.41, 5.74) is 3.39. The summed E-state index contributed by atoms with van der Waals surface area (Å²) < 4.78 is 5.05. The molecule has 1 aromatic heterocycles. The van der Waals surface area contributed by atoms with Gasteiger partial charge in [0.05, 0.1) is 28.0 Å². The number of ether oxygens (including phenoxy) is 1. The highest BCUT2D eigenvalue weighted by Gasteiger charge is 2.12. The van der Waals surface area contributed by atoms with Gasteiger partial charge in [0.2, 0.25) is 0 Å². The Morgan fingerprint density at radius 1 is 1.12 bits per heavy atom. The topological polar surface area (TPSA) is 81.2 Å². The number of carbonyl (C=O) groups is 2. The molecule has 1 heterocycles. The summed E-state index contributed by atoms with van der Waals surface area (Å²) in [6, 6.07) is 4.99. The molecule has 1 amide bonds. The molecule has 6 heteroatoms. The van der Waals surface area contributed by atoms with E-state index in [4.69, 9.17) is 4.74 Å². The van der Waals surface area contributed by atoms with Gasteiger partial charge in [-0.3, -0.25) is 4.79 Å². The third-order valence-electron chi connectivity index (χ3n) is 3.69. The Hall–Kier alpha value is -2.50. The number of carbonyl (C=O) groups excluding carboxylic acids is 2. The molecule has 0 spiro atoms. The third kappa shape index (κ3) is 4.75. The summed E-state index contributed by atoms with van der Waals surface area (Å²) in [5, 5.41) is 2.73. The summed E-state index contributed by atoms with van der Waals surface area (Å²) in [5.74, 6) is -0.328. The lowest BCUT2D eigenvalue weighted by Crippen LogP contribution is -2.30. The van der Waals surface area contributed by atoms with Crippen LogP contribution < -0.4 is 5.32 Å². The van der Waals surface area contributed by atoms with Gasteiger partial charge in [-0.05, 0) is 44.4 Å². The van der Waals surface area contributed by atoms with Crippen molar-refractivity contribution < 1.29 is 14.3 Å². The molecule has 1 aromatic carbocycles. The fourth-order valence-electron chi connectivity index (χ4n) is 2.12. The van der Waals surface area contributed by atoms with Crippen LogP contribution in [-0.4, -0.2) is 35.0 Å². The summed E-state index contributed by atoms with van der Waals surface area (Å²) in [7, 11) is 0. The van der Waals surface area contributed by atoms with Gasteiger partial charge in [0.1, 0.15) is 0 Å². The lowest BCUT2D eigenvalue weighted by atomic mass is 10.1. The molecule has 0 aliphatic heterocycles. The number of nitrogens with zero attached hydrogens (tertiary/aromatic N) is 2. The van der Waals surface area contributed by atoms with Gasteiger partial charge in [0, 0.05) is 6.54 Å². The fraction of sp³-hybridized carbons (Fsp3) is 0.444. The highest BCUT2D eigenvalue weighted by atomic mass is 16.5. The van der Waals surface area contributed by atoms with Gasteiger partial charge in [-0.15, -0.1) is 0 Å². The zero-order valence-corrected chi connectivity index (χ0v) is 14.5. The van der Waals surface area contributed by atoms with Crippen molar-refractivity contribution in [3.05, 3.63) is 35.2 Å². The van der Waals surface area contributed by atoms with Crippen molar-refractivity contribution in [3.63, 3.8) is 0 Å². The Kier molecular flexibility index (Phi) is 5.84. The predicted molar refractivity (Wildman–Crippen MR) is 91.8 cm³/mol.